The van der Waals surface area contributed by atoms with E-state index in [4.69, 9.17) is 11.6 Å². The van der Waals surface area contributed by atoms with Crippen LogP contribution < -0.4 is 0 Å². The zero-order valence-corrected chi connectivity index (χ0v) is 14.2. The molecular weight excluding hydrogens is 377 g/mol. The Balaban J connectivity index is 2.20. The molecule has 0 radical (unpaired) electrons. The summed E-state index contributed by atoms with van der Waals surface area (Å²) in [6.45, 7) is 0. The third-order valence-corrected chi connectivity index (χ3v) is 4.30. The first kappa shape index (κ1) is 17.1. The summed E-state index contributed by atoms with van der Waals surface area (Å²) in [6.07, 6.45) is 1.28. The highest BCUT2D eigenvalue weighted by Crippen LogP contribution is 2.40. The van der Waals surface area contributed by atoms with E-state index in [0.717, 1.165) is 0 Å². The number of nitriles is 1. The third kappa shape index (κ3) is 2.71. The normalized spacial score (nSPS) is 10.9. The maximum atomic E-state index is 14.5. The Morgan fingerprint density at radius 3 is 2.30 bits per heavy atom. The lowest BCUT2D eigenvalue weighted by atomic mass is 9.99. The van der Waals surface area contributed by atoms with Crippen LogP contribution in [-0.4, -0.2) is 14.6 Å². The van der Waals surface area contributed by atoms with Crippen LogP contribution in [0.3, 0.4) is 0 Å². The smallest absolute Gasteiger partial charge is 0.175 e. The minimum Gasteiger partial charge on any atom is -0.215 e. The molecule has 132 valence electrons. The van der Waals surface area contributed by atoms with Crippen molar-refractivity contribution in [2.75, 3.05) is 0 Å². The van der Waals surface area contributed by atoms with Gasteiger partial charge in [-0.25, -0.2) is 22.7 Å². The number of nitrogens with zero attached hydrogens (tertiary/aromatic N) is 4. The molecule has 2 aromatic heterocycles. The number of hydrogen-bond acceptors (Lipinski definition) is 3. The Morgan fingerprint density at radius 2 is 1.67 bits per heavy atom. The van der Waals surface area contributed by atoms with E-state index in [0.29, 0.717) is 17.7 Å². The molecule has 0 saturated heterocycles. The van der Waals surface area contributed by atoms with Gasteiger partial charge in [-0.2, -0.15) is 10.4 Å². The minimum absolute atomic E-state index is 0.0852. The molecule has 4 nitrogen and oxygen atoms in total. The highest BCUT2D eigenvalue weighted by Gasteiger charge is 2.25. The van der Waals surface area contributed by atoms with Gasteiger partial charge in [0.15, 0.2) is 5.65 Å². The van der Waals surface area contributed by atoms with Gasteiger partial charge in [-0.3, -0.25) is 0 Å². The molecule has 4 rings (SSSR count). The van der Waals surface area contributed by atoms with E-state index in [1.54, 1.807) is 30.3 Å². The van der Waals surface area contributed by atoms with Crippen LogP contribution in [-0.2, 0) is 0 Å². The lowest BCUT2D eigenvalue weighted by Crippen LogP contribution is -2.04. The van der Waals surface area contributed by atoms with Gasteiger partial charge in [-0.1, -0.05) is 41.9 Å². The van der Waals surface area contributed by atoms with Crippen LogP contribution in [0, 0.1) is 28.8 Å². The Bertz CT molecular complexity index is 1210. The second kappa shape index (κ2) is 6.41. The van der Waals surface area contributed by atoms with E-state index in [2.05, 4.69) is 10.1 Å². The second-order valence-electron chi connectivity index (χ2n) is 5.64. The van der Waals surface area contributed by atoms with Crippen LogP contribution >= 0.6 is 11.6 Å². The second-order valence-corrected chi connectivity index (χ2v) is 6.00. The summed E-state index contributed by atoms with van der Waals surface area (Å²) in [5.41, 5.74) is 0.462. The summed E-state index contributed by atoms with van der Waals surface area (Å²) in [4.78, 5) is 4.09. The van der Waals surface area contributed by atoms with E-state index in [1.807, 2.05) is 6.07 Å². The molecule has 0 unspecified atom stereocenters. The maximum absolute atomic E-state index is 14.5. The standard InChI is InChI=1S/C19H8ClF3N4/c20-18-16(15-13(22)6-12(21)7-14(15)23)17(10-4-2-1-3-5-10)27-19(26-18)11(8-24)9-25-27/h1-7,9H. The molecule has 0 aliphatic rings. The van der Waals surface area contributed by atoms with Crippen LogP contribution in [0.4, 0.5) is 13.2 Å². The first-order valence-corrected chi connectivity index (χ1v) is 8.06. The van der Waals surface area contributed by atoms with Crippen molar-refractivity contribution in [3.63, 3.8) is 0 Å². The molecule has 2 heterocycles. The largest absolute Gasteiger partial charge is 0.215 e. The van der Waals surface area contributed by atoms with Crippen molar-refractivity contribution in [2.45, 2.75) is 0 Å². The van der Waals surface area contributed by atoms with E-state index < -0.39 is 23.0 Å². The van der Waals surface area contributed by atoms with Crippen molar-refractivity contribution in [1.82, 2.24) is 14.6 Å². The van der Waals surface area contributed by atoms with Crippen molar-refractivity contribution in [1.29, 1.82) is 5.26 Å². The predicted octanol–water partition coefficient (Wildman–Crippen LogP) is 5.01. The van der Waals surface area contributed by atoms with Gasteiger partial charge in [0, 0.05) is 17.7 Å². The molecule has 0 aliphatic carbocycles. The lowest BCUT2D eigenvalue weighted by Gasteiger charge is -2.15. The number of hydrogen-bond donors (Lipinski definition) is 0. The number of fused-ring (bicyclic) bond motifs is 1. The van der Waals surface area contributed by atoms with Gasteiger partial charge in [-0.15, -0.1) is 0 Å². The van der Waals surface area contributed by atoms with Crippen LogP contribution in [0.5, 0.6) is 0 Å². The van der Waals surface area contributed by atoms with Crippen LogP contribution in [0.15, 0.2) is 48.7 Å². The Labute approximate surface area is 156 Å². The molecule has 4 aromatic rings. The third-order valence-electron chi connectivity index (χ3n) is 4.03. The van der Waals surface area contributed by atoms with E-state index in [1.165, 1.54) is 10.7 Å². The molecule has 27 heavy (non-hydrogen) atoms. The molecule has 8 heteroatoms. The Hall–Kier alpha value is -3.37. The van der Waals surface area contributed by atoms with E-state index in [9.17, 15) is 18.4 Å². The number of benzene rings is 2. The van der Waals surface area contributed by atoms with Gasteiger partial charge < -0.3 is 0 Å². The summed E-state index contributed by atoms with van der Waals surface area (Å²) in [5.74, 6) is -3.30. The molecule has 0 atom stereocenters. The van der Waals surface area contributed by atoms with Gasteiger partial charge >= 0.3 is 0 Å². The van der Waals surface area contributed by atoms with E-state index in [-0.39, 0.29) is 27.6 Å². The average Bonchev–Trinajstić information content (AvgIpc) is 3.04. The van der Waals surface area contributed by atoms with Crippen molar-refractivity contribution in [3.8, 4) is 28.5 Å². The maximum Gasteiger partial charge on any atom is 0.175 e. The average molecular weight is 385 g/mol. The van der Waals surface area contributed by atoms with Gasteiger partial charge in [0.25, 0.3) is 0 Å². The summed E-state index contributed by atoms with van der Waals surface area (Å²) in [5, 5.41) is 13.1. The van der Waals surface area contributed by atoms with Crippen LogP contribution in [0.2, 0.25) is 5.15 Å². The quantitative estimate of drug-likeness (QED) is 0.457. The summed E-state index contributed by atoms with van der Waals surface area (Å²) in [6, 6.07) is 11.7. The van der Waals surface area contributed by atoms with E-state index >= 15 is 0 Å². The highest BCUT2D eigenvalue weighted by molar-refractivity contribution is 6.33. The number of halogens is 4. The zero-order valence-electron chi connectivity index (χ0n) is 13.4. The predicted molar refractivity (Wildman–Crippen MR) is 93.5 cm³/mol. The summed E-state index contributed by atoms with van der Waals surface area (Å²) >= 11 is 6.27. The summed E-state index contributed by atoms with van der Waals surface area (Å²) in [7, 11) is 0. The van der Waals surface area contributed by atoms with Crippen molar-refractivity contribution >= 4 is 17.2 Å². The molecule has 0 bridgehead atoms. The first-order valence-electron chi connectivity index (χ1n) is 7.69. The number of aromatic nitrogens is 3. The SMILES string of the molecule is N#Cc1cnn2c(-c3ccccc3)c(-c3c(F)cc(F)cc3F)c(Cl)nc12. The van der Waals surface area contributed by atoms with Gasteiger partial charge in [-0.05, 0) is 0 Å². The first-order chi connectivity index (χ1) is 13.0. The van der Waals surface area contributed by atoms with Crippen molar-refractivity contribution in [3.05, 3.63) is 76.8 Å². The molecular formula is C19H8ClF3N4. The van der Waals surface area contributed by atoms with Crippen molar-refractivity contribution in [2.24, 2.45) is 0 Å². The molecule has 2 aromatic carbocycles. The topological polar surface area (TPSA) is 54.0 Å². The molecule has 0 aliphatic heterocycles. The van der Waals surface area contributed by atoms with Crippen LogP contribution in [0.25, 0.3) is 28.0 Å². The molecule has 0 saturated carbocycles. The fraction of sp³-hybridized carbons (Fsp3) is 0. The Kier molecular flexibility index (Phi) is 4.05. The fourth-order valence-corrected chi connectivity index (χ4v) is 3.17. The monoisotopic (exact) mass is 384 g/mol. The van der Waals surface area contributed by atoms with Crippen LogP contribution in [0.1, 0.15) is 5.56 Å². The van der Waals surface area contributed by atoms with Gasteiger partial charge in [0.05, 0.1) is 23.0 Å². The lowest BCUT2D eigenvalue weighted by molar-refractivity contribution is 0.548. The molecule has 0 N–H and O–H groups in total. The fourth-order valence-electron chi connectivity index (χ4n) is 2.91. The van der Waals surface area contributed by atoms with Gasteiger partial charge in [0.2, 0.25) is 0 Å². The van der Waals surface area contributed by atoms with Gasteiger partial charge in [0.1, 0.15) is 34.2 Å². The zero-order chi connectivity index (χ0) is 19.1. The summed E-state index contributed by atoms with van der Waals surface area (Å²) < 4.78 is 43.6. The molecule has 0 amide bonds. The Morgan fingerprint density at radius 1 is 1.00 bits per heavy atom. The number of rotatable bonds is 2. The van der Waals surface area contributed by atoms with Crippen molar-refractivity contribution < 1.29 is 13.2 Å². The molecule has 0 fully saturated rings. The molecule has 0 spiro atoms. The highest BCUT2D eigenvalue weighted by atomic mass is 35.5. The minimum atomic E-state index is -1.12.